The highest BCUT2D eigenvalue weighted by atomic mass is 16.5. The predicted molar refractivity (Wildman–Crippen MR) is 127 cm³/mol. The Morgan fingerprint density at radius 3 is 2.25 bits per heavy atom. The van der Waals surface area contributed by atoms with Crippen LogP contribution in [0.1, 0.15) is 35.4 Å². The number of rotatable bonds is 7. The summed E-state index contributed by atoms with van der Waals surface area (Å²) in [5, 5.41) is 3.05. The number of hydrogen-bond acceptors (Lipinski definition) is 3. The lowest BCUT2D eigenvalue weighted by molar-refractivity contribution is -0.122. The molecule has 5 heteroatoms. The van der Waals surface area contributed by atoms with E-state index in [0.717, 1.165) is 35.2 Å². The third kappa shape index (κ3) is 5.06. The zero-order valence-corrected chi connectivity index (χ0v) is 18.3. The Balaban J connectivity index is 1.53. The van der Waals surface area contributed by atoms with Gasteiger partial charge in [-0.2, -0.15) is 0 Å². The number of amides is 2. The summed E-state index contributed by atoms with van der Waals surface area (Å²) in [6.45, 7) is 0.711. The smallest absolute Gasteiger partial charge is 0.252 e. The number of carbonyl (C=O) groups is 2. The van der Waals surface area contributed by atoms with E-state index in [2.05, 4.69) is 29.6 Å². The van der Waals surface area contributed by atoms with Crippen LogP contribution in [0.2, 0.25) is 0 Å². The summed E-state index contributed by atoms with van der Waals surface area (Å²) in [4.78, 5) is 27.3. The highest BCUT2D eigenvalue weighted by Gasteiger charge is 2.23. The quantitative estimate of drug-likeness (QED) is 0.590. The van der Waals surface area contributed by atoms with Crippen LogP contribution in [0.5, 0.6) is 0 Å². The summed E-state index contributed by atoms with van der Waals surface area (Å²) >= 11 is 0. The van der Waals surface area contributed by atoms with Crippen molar-refractivity contribution in [1.82, 2.24) is 0 Å². The Hall–Kier alpha value is -3.44. The second kappa shape index (κ2) is 10.2. The second-order valence-corrected chi connectivity index (χ2v) is 8.05. The molecule has 0 aromatic heterocycles. The lowest BCUT2D eigenvalue weighted by Gasteiger charge is -2.30. The molecule has 0 unspecified atom stereocenters. The molecule has 1 aliphatic rings. The summed E-state index contributed by atoms with van der Waals surface area (Å²) in [6, 6.07) is 26.0. The maximum Gasteiger partial charge on any atom is 0.252 e. The summed E-state index contributed by atoms with van der Waals surface area (Å²) in [6.07, 6.45) is 2.17. The van der Waals surface area contributed by atoms with Crippen molar-refractivity contribution in [3.63, 3.8) is 0 Å². The summed E-state index contributed by atoms with van der Waals surface area (Å²) in [7, 11) is 1.52. The first kappa shape index (κ1) is 21.8. The predicted octanol–water partition coefficient (Wildman–Crippen LogP) is 4.77. The van der Waals surface area contributed by atoms with Crippen LogP contribution >= 0.6 is 0 Å². The van der Waals surface area contributed by atoms with Gasteiger partial charge in [-0.15, -0.1) is 0 Å². The Kier molecular flexibility index (Phi) is 6.97. The maximum atomic E-state index is 13.0. The minimum Gasteiger partial charge on any atom is -0.375 e. The monoisotopic (exact) mass is 428 g/mol. The largest absolute Gasteiger partial charge is 0.375 e. The van der Waals surface area contributed by atoms with E-state index in [1.54, 1.807) is 4.90 Å². The van der Waals surface area contributed by atoms with Crippen LogP contribution in [0.3, 0.4) is 0 Å². The third-order valence-electron chi connectivity index (χ3n) is 5.85. The van der Waals surface area contributed by atoms with Crippen LogP contribution in [0.25, 0.3) is 0 Å². The van der Waals surface area contributed by atoms with Gasteiger partial charge in [-0.1, -0.05) is 66.7 Å². The van der Waals surface area contributed by atoms with Crippen LogP contribution in [-0.2, 0) is 20.7 Å². The second-order valence-electron chi connectivity index (χ2n) is 8.05. The van der Waals surface area contributed by atoms with Crippen LogP contribution in [0.15, 0.2) is 78.9 Å². The Bertz CT molecular complexity index is 1030. The van der Waals surface area contributed by atoms with Crippen molar-refractivity contribution in [2.24, 2.45) is 0 Å². The van der Waals surface area contributed by atoms with Crippen LogP contribution in [0.4, 0.5) is 11.4 Å². The molecule has 2 amide bonds. The van der Waals surface area contributed by atoms with E-state index in [9.17, 15) is 9.59 Å². The molecule has 0 saturated heterocycles. The topological polar surface area (TPSA) is 58.6 Å². The number of nitrogens with zero attached hydrogens (tertiary/aromatic N) is 1. The van der Waals surface area contributed by atoms with Crippen molar-refractivity contribution in [1.29, 1.82) is 0 Å². The fraction of sp³-hybridized carbons (Fsp3) is 0.259. The SMILES string of the molecule is COCC(=O)N1CCCc2ccc(NC(=O)CC(c3ccccc3)c3ccccc3)cc21. The first-order valence-electron chi connectivity index (χ1n) is 11.0. The Morgan fingerprint density at radius 1 is 0.969 bits per heavy atom. The molecule has 0 saturated carbocycles. The first-order chi connectivity index (χ1) is 15.7. The average molecular weight is 429 g/mol. The molecule has 0 spiro atoms. The van der Waals surface area contributed by atoms with Gasteiger partial charge in [0.15, 0.2) is 0 Å². The minimum atomic E-state index is -0.0647. The summed E-state index contributed by atoms with van der Waals surface area (Å²) < 4.78 is 5.03. The normalized spacial score (nSPS) is 13.0. The molecule has 164 valence electrons. The molecule has 0 atom stereocenters. The van der Waals surface area contributed by atoms with E-state index in [4.69, 9.17) is 4.74 Å². The molecule has 3 aromatic rings. The molecule has 32 heavy (non-hydrogen) atoms. The van der Waals surface area contributed by atoms with Gasteiger partial charge in [0.1, 0.15) is 6.61 Å². The Labute approximate surface area is 189 Å². The van der Waals surface area contributed by atoms with Gasteiger partial charge in [0, 0.05) is 37.4 Å². The van der Waals surface area contributed by atoms with Gasteiger partial charge in [0.2, 0.25) is 5.91 Å². The molecular formula is C27H28N2O3. The molecular weight excluding hydrogens is 400 g/mol. The van der Waals surface area contributed by atoms with Gasteiger partial charge >= 0.3 is 0 Å². The molecule has 0 aliphatic carbocycles. The van der Waals surface area contributed by atoms with Gasteiger partial charge in [0.25, 0.3) is 5.91 Å². The van der Waals surface area contributed by atoms with E-state index >= 15 is 0 Å². The van der Waals surface area contributed by atoms with Gasteiger partial charge < -0.3 is 15.0 Å². The van der Waals surface area contributed by atoms with Crippen molar-refractivity contribution in [3.8, 4) is 0 Å². The lowest BCUT2D eigenvalue weighted by atomic mass is 9.88. The van der Waals surface area contributed by atoms with Crippen molar-refractivity contribution in [3.05, 3.63) is 95.6 Å². The summed E-state index contributed by atoms with van der Waals surface area (Å²) in [5.74, 6) is -0.159. The summed E-state index contributed by atoms with van der Waals surface area (Å²) in [5.41, 5.74) is 4.89. The van der Waals surface area contributed by atoms with Gasteiger partial charge in [0.05, 0.1) is 0 Å². The van der Waals surface area contributed by atoms with Crippen molar-refractivity contribution >= 4 is 23.2 Å². The number of aryl methyl sites for hydroxylation is 1. The van der Waals surface area contributed by atoms with Crippen LogP contribution < -0.4 is 10.2 Å². The highest BCUT2D eigenvalue weighted by molar-refractivity contribution is 5.97. The molecule has 1 heterocycles. The standard InChI is InChI=1S/C27H28N2O3/c1-32-19-27(31)29-16-8-13-22-14-15-23(17-25(22)29)28-26(30)18-24(20-9-4-2-5-10-20)21-11-6-3-7-12-21/h2-7,9-12,14-15,17,24H,8,13,16,18-19H2,1H3,(H,28,30). The number of nitrogens with one attached hydrogen (secondary N) is 1. The molecule has 3 aromatic carbocycles. The minimum absolute atomic E-state index is 0.0326. The fourth-order valence-electron chi connectivity index (χ4n) is 4.31. The number of hydrogen-bond donors (Lipinski definition) is 1. The molecule has 1 N–H and O–H groups in total. The first-order valence-corrected chi connectivity index (χ1v) is 11.0. The lowest BCUT2D eigenvalue weighted by Crippen LogP contribution is -2.37. The van der Waals surface area contributed by atoms with E-state index in [-0.39, 0.29) is 24.3 Å². The van der Waals surface area contributed by atoms with E-state index in [0.29, 0.717) is 18.7 Å². The number of carbonyl (C=O) groups excluding carboxylic acids is 2. The van der Waals surface area contributed by atoms with Gasteiger partial charge in [-0.3, -0.25) is 9.59 Å². The number of benzene rings is 3. The van der Waals surface area contributed by atoms with Crippen LogP contribution in [-0.4, -0.2) is 32.1 Å². The zero-order chi connectivity index (χ0) is 22.3. The van der Waals surface area contributed by atoms with E-state index in [1.807, 2.05) is 54.6 Å². The number of ether oxygens (including phenoxy) is 1. The average Bonchev–Trinajstić information content (AvgIpc) is 2.83. The van der Waals surface area contributed by atoms with Crippen LogP contribution in [0, 0.1) is 0 Å². The zero-order valence-electron chi connectivity index (χ0n) is 18.3. The number of fused-ring (bicyclic) bond motifs is 1. The third-order valence-corrected chi connectivity index (χ3v) is 5.85. The van der Waals surface area contributed by atoms with Crippen molar-refractivity contribution in [2.45, 2.75) is 25.2 Å². The molecule has 4 rings (SSSR count). The number of anilines is 2. The molecule has 1 aliphatic heterocycles. The highest BCUT2D eigenvalue weighted by Crippen LogP contribution is 2.32. The molecule has 0 bridgehead atoms. The number of methoxy groups -OCH3 is 1. The molecule has 5 nitrogen and oxygen atoms in total. The molecule has 0 fully saturated rings. The maximum absolute atomic E-state index is 13.0. The van der Waals surface area contributed by atoms with E-state index in [1.165, 1.54) is 7.11 Å². The fourth-order valence-corrected chi connectivity index (χ4v) is 4.31. The van der Waals surface area contributed by atoms with Gasteiger partial charge in [-0.25, -0.2) is 0 Å². The van der Waals surface area contributed by atoms with Crippen molar-refractivity contribution in [2.75, 3.05) is 30.5 Å². The van der Waals surface area contributed by atoms with Crippen molar-refractivity contribution < 1.29 is 14.3 Å². The van der Waals surface area contributed by atoms with E-state index < -0.39 is 0 Å². The van der Waals surface area contributed by atoms with Gasteiger partial charge in [-0.05, 0) is 41.7 Å². The Morgan fingerprint density at radius 2 is 1.62 bits per heavy atom. The molecule has 0 radical (unpaired) electrons.